The SMILES string of the molecule is CC12CCC3C(CCC4(O)CC(O)CCC34C=NCc3ccco3)C1(O)CCC2C1=CC(=O)OC1. The minimum Gasteiger partial charge on any atom is -0.467 e. The second-order valence-electron chi connectivity index (χ2n) is 12.1. The van der Waals surface area contributed by atoms with Crippen molar-refractivity contribution in [2.24, 2.45) is 33.6 Å². The van der Waals surface area contributed by atoms with Crippen molar-refractivity contribution in [3.05, 3.63) is 35.8 Å². The Morgan fingerprint density at radius 1 is 1.11 bits per heavy atom. The zero-order chi connectivity index (χ0) is 24.5. The van der Waals surface area contributed by atoms with Gasteiger partial charge in [0.05, 0.1) is 30.1 Å². The number of furan rings is 1. The molecule has 0 saturated heterocycles. The van der Waals surface area contributed by atoms with Crippen LogP contribution in [0, 0.1) is 28.6 Å². The Kier molecular flexibility index (Phi) is 5.37. The summed E-state index contributed by atoms with van der Waals surface area (Å²) in [5.41, 5.74) is -1.79. The van der Waals surface area contributed by atoms with E-state index in [2.05, 4.69) is 6.92 Å². The van der Waals surface area contributed by atoms with Gasteiger partial charge in [0.1, 0.15) is 12.4 Å². The summed E-state index contributed by atoms with van der Waals surface area (Å²) in [6.45, 7) is 2.95. The van der Waals surface area contributed by atoms with Crippen LogP contribution in [0.2, 0.25) is 0 Å². The maximum atomic E-state index is 12.4. The van der Waals surface area contributed by atoms with Crippen LogP contribution in [0.4, 0.5) is 0 Å². The fourth-order valence-electron chi connectivity index (χ4n) is 9.06. The highest BCUT2D eigenvalue weighted by Crippen LogP contribution is 2.70. The number of ether oxygens (including phenoxy) is 1. The van der Waals surface area contributed by atoms with Gasteiger partial charge in [-0.15, -0.1) is 0 Å². The first kappa shape index (κ1) is 23.4. The highest BCUT2D eigenvalue weighted by atomic mass is 16.5. The van der Waals surface area contributed by atoms with Crippen molar-refractivity contribution in [2.75, 3.05) is 6.61 Å². The van der Waals surface area contributed by atoms with Crippen LogP contribution in [0.5, 0.6) is 0 Å². The Morgan fingerprint density at radius 2 is 1.94 bits per heavy atom. The lowest BCUT2D eigenvalue weighted by Crippen LogP contribution is -2.68. The van der Waals surface area contributed by atoms with Crippen LogP contribution in [-0.2, 0) is 16.1 Å². The maximum absolute atomic E-state index is 12.4. The Morgan fingerprint density at radius 3 is 2.69 bits per heavy atom. The molecule has 0 amide bonds. The molecule has 0 spiro atoms. The standard InChI is InChI=1S/C28H37NO6/c1-25-8-5-22-23(28(25,33)11-7-21(25)18-13-24(31)35-16-18)6-10-27(32)14-19(30)4-9-26(22,27)17-29-15-20-3-2-12-34-20/h2-3,12-13,17,19,21-23,30,32-33H,4-11,14-16H2,1H3. The topological polar surface area (TPSA) is 112 Å². The van der Waals surface area contributed by atoms with E-state index in [0.717, 1.165) is 37.0 Å². The molecule has 8 atom stereocenters. The van der Waals surface area contributed by atoms with Gasteiger partial charge in [0.15, 0.2) is 0 Å². The van der Waals surface area contributed by atoms with Crippen LogP contribution < -0.4 is 0 Å². The predicted octanol–water partition coefficient (Wildman–Crippen LogP) is 3.56. The van der Waals surface area contributed by atoms with Crippen molar-refractivity contribution in [3.8, 4) is 0 Å². The first-order valence-corrected chi connectivity index (χ1v) is 13.2. The Balaban J connectivity index is 1.36. The van der Waals surface area contributed by atoms with Gasteiger partial charge in [-0.1, -0.05) is 6.92 Å². The third-order valence-electron chi connectivity index (χ3n) is 10.8. The molecule has 190 valence electrons. The highest BCUT2D eigenvalue weighted by Gasteiger charge is 2.71. The molecule has 0 bridgehead atoms. The van der Waals surface area contributed by atoms with Crippen molar-refractivity contribution in [2.45, 2.75) is 88.6 Å². The monoisotopic (exact) mass is 483 g/mol. The molecule has 0 aromatic carbocycles. The molecule has 6 rings (SSSR count). The number of carbonyl (C=O) groups is 1. The van der Waals surface area contributed by atoms with E-state index in [-0.39, 0.29) is 29.1 Å². The average molecular weight is 484 g/mol. The van der Waals surface area contributed by atoms with Crippen molar-refractivity contribution >= 4 is 12.2 Å². The van der Waals surface area contributed by atoms with E-state index >= 15 is 0 Å². The number of aliphatic hydroxyl groups excluding tert-OH is 1. The van der Waals surface area contributed by atoms with Gasteiger partial charge in [0.25, 0.3) is 0 Å². The smallest absolute Gasteiger partial charge is 0.331 e. The largest absolute Gasteiger partial charge is 0.467 e. The number of nitrogens with zero attached hydrogens (tertiary/aromatic N) is 1. The van der Waals surface area contributed by atoms with E-state index in [1.165, 1.54) is 0 Å². The van der Waals surface area contributed by atoms with Gasteiger partial charge in [-0.25, -0.2) is 4.79 Å². The molecule has 2 heterocycles. The molecule has 4 aliphatic carbocycles. The number of fused-ring (bicyclic) bond motifs is 5. The maximum Gasteiger partial charge on any atom is 0.331 e. The van der Waals surface area contributed by atoms with Crippen molar-refractivity contribution in [3.63, 3.8) is 0 Å². The zero-order valence-corrected chi connectivity index (χ0v) is 20.5. The quantitative estimate of drug-likeness (QED) is 0.446. The van der Waals surface area contributed by atoms with Gasteiger partial charge >= 0.3 is 5.97 Å². The van der Waals surface area contributed by atoms with Crippen LogP contribution in [0.25, 0.3) is 0 Å². The number of esters is 1. The van der Waals surface area contributed by atoms with Crippen LogP contribution in [0.15, 0.2) is 39.5 Å². The number of aliphatic imine (C=N–C) groups is 1. The third kappa shape index (κ3) is 3.27. The van der Waals surface area contributed by atoms with Crippen molar-refractivity contribution in [1.29, 1.82) is 0 Å². The summed E-state index contributed by atoms with van der Waals surface area (Å²) in [5.74, 6) is 0.761. The predicted molar refractivity (Wildman–Crippen MR) is 128 cm³/mol. The number of aliphatic hydroxyl groups is 3. The molecular formula is C28H37NO6. The Hall–Kier alpha value is -1.96. The molecule has 1 aliphatic heterocycles. The minimum absolute atomic E-state index is 0.0375. The molecule has 7 nitrogen and oxygen atoms in total. The van der Waals surface area contributed by atoms with E-state index in [9.17, 15) is 20.1 Å². The van der Waals surface area contributed by atoms with E-state index < -0.39 is 22.7 Å². The summed E-state index contributed by atoms with van der Waals surface area (Å²) < 4.78 is 10.7. The van der Waals surface area contributed by atoms with Gasteiger partial charge in [0.2, 0.25) is 0 Å². The Bertz CT molecular complexity index is 1050. The molecule has 35 heavy (non-hydrogen) atoms. The summed E-state index contributed by atoms with van der Waals surface area (Å²) >= 11 is 0. The van der Waals surface area contributed by atoms with Gasteiger partial charge in [-0.2, -0.15) is 0 Å². The molecule has 4 fully saturated rings. The molecule has 0 radical (unpaired) electrons. The van der Waals surface area contributed by atoms with Gasteiger partial charge in [0, 0.05) is 29.5 Å². The van der Waals surface area contributed by atoms with Crippen LogP contribution in [0.3, 0.4) is 0 Å². The van der Waals surface area contributed by atoms with Gasteiger partial charge in [-0.05, 0) is 86.8 Å². The fraction of sp³-hybridized carbons (Fsp3) is 0.714. The van der Waals surface area contributed by atoms with E-state index in [4.69, 9.17) is 14.1 Å². The van der Waals surface area contributed by atoms with E-state index in [1.807, 2.05) is 18.3 Å². The van der Waals surface area contributed by atoms with E-state index in [0.29, 0.717) is 45.3 Å². The lowest BCUT2D eigenvalue weighted by Gasteiger charge is -2.65. The highest BCUT2D eigenvalue weighted by molar-refractivity contribution is 5.85. The number of rotatable bonds is 4. The first-order chi connectivity index (χ1) is 16.7. The number of hydrogen-bond acceptors (Lipinski definition) is 7. The minimum atomic E-state index is -1.03. The second kappa shape index (κ2) is 8.02. The van der Waals surface area contributed by atoms with Crippen molar-refractivity contribution < 1.29 is 29.3 Å². The second-order valence-corrected chi connectivity index (χ2v) is 12.1. The van der Waals surface area contributed by atoms with Gasteiger partial charge in [-0.3, -0.25) is 4.99 Å². The van der Waals surface area contributed by atoms with Crippen molar-refractivity contribution in [1.82, 2.24) is 0 Å². The molecule has 7 heteroatoms. The Labute approximate surface area is 206 Å². The lowest BCUT2D eigenvalue weighted by atomic mass is 9.41. The number of cyclic esters (lactones) is 1. The van der Waals surface area contributed by atoms with E-state index in [1.54, 1.807) is 12.3 Å². The molecule has 3 N–H and O–H groups in total. The fourth-order valence-corrected chi connectivity index (χ4v) is 9.06. The summed E-state index contributed by atoms with van der Waals surface area (Å²) in [4.78, 5) is 16.6. The lowest BCUT2D eigenvalue weighted by molar-refractivity contribution is -0.237. The van der Waals surface area contributed by atoms with Gasteiger partial charge < -0.3 is 24.5 Å². The summed E-state index contributed by atoms with van der Waals surface area (Å²) in [7, 11) is 0. The zero-order valence-electron chi connectivity index (χ0n) is 20.5. The molecule has 1 aromatic heterocycles. The molecule has 8 unspecified atom stereocenters. The molecule has 5 aliphatic rings. The average Bonchev–Trinajstić information content (AvgIpc) is 3.54. The molecular weight excluding hydrogens is 446 g/mol. The number of hydrogen-bond donors (Lipinski definition) is 3. The third-order valence-corrected chi connectivity index (χ3v) is 10.8. The van der Waals surface area contributed by atoms with Crippen LogP contribution in [-0.4, -0.2) is 51.4 Å². The summed E-state index contributed by atoms with van der Waals surface area (Å²) in [6.07, 6.45) is 10.9. The molecule has 1 aromatic rings. The normalized spacial score (nSPS) is 47.2. The summed E-state index contributed by atoms with van der Waals surface area (Å²) in [6, 6.07) is 3.74. The molecule has 4 saturated carbocycles. The van der Waals surface area contributed by atoms with Crippen LogP contribution >= 0.6 is 0 Å². The van der Waals surface area contributed by atoms with Crippen LogP contribution in [0.1, 0.15) is 70.5 Å². The number of carbonyl (C=O) groups excluding carboxylic acids is 1. The first-order valence-electron chi connectivity index (χ1n) is 13.2. The summed E-state index contributed by atoms with van der Waals surface area (Å²) in [5, 5.41) is 35.0.